The lowest BCUT2D eigenvalue weighted by molar-refractivity contribution is -0.138. The first kappa shape index (κ1) is 20.6. The molecule has 0 fully saturated rings. The molecule has 0 aliphatic carbocycles. The van der Waals surface area contributed by atoms with E-state index >= 15 is 0 Å². The smallest absolute Gasteiger partial charge is 0.417 e. The van der Waals surface area contributed by atoms with Crippen LogP contribution in [0.25, 0.3) is 6.08 Å². The second-order valence-electron chi connectivity index (χ2n) is 5.65. The van der Waals surface area contributed by atoms with Crippen LogP contribution in [0.3, 0.4) is 0 Å². The van der Waals surface area contributed by atoms with Crippen LogP contribution in [0, 0.1) is 0 Å². The topological polar surface area (TPSA) is 68.7 Å². The molecule has 0 amide bonds. The lowest BCUT2D eigenvalue weighted by Crippen LogP contribution is -2.06. The molecule has 0 saturated heterocycles. The summed E-state index contributed by atoms with van der Waals surface area (Å²) in [5.74, 6) is -0.874. The fraction of sp³-hybridized carbons (Fsp3) is 0.222. The van der Waals surface area contributed by atoms with Crippen LogP contribution in [0.15, 0.2) is 36.5 Å². The average Bonchev–Trinajstić information content (AvgIpc) is 2.54. The Labute approximate surface area is 158 Å². The summed E-state index contributed by atoms with van der Waals surface area (Å²) in [5.41, 5.74) is -0.658. The zero-order valence-electron chi connectivity index (χ0n) is 14.2. The molecule has 5 nitrogen and oxygen atoms in total. The third kappa shape index (κ3) is 5.89. The number of nitrogens with zero attached hydrogens (tertiary/aromatic N) is 1. The van der Waals surface area contributed by atoms with Crippen LogP contribution in [0.1, 0.15) is 25.0 Å². The van der Waals surface area contributed by atoms with Crippen molar-refractivity contribution >= 4 is 23.6 Å². The number of rotatable bonds is 6. The van der Waals surface area contributed by atoms with E-state index in [0.717, 1.165) is 6.08 Å². The van der Waals surface area contributed by atoms with E-state index in [2.05, 4.69) is 4.98 Å². The molecule has 144 valence electrons. The second-order valence-corrected chi connectivity index (χ2v) is 6.06. The number of hydrogen-bond acceptors (Lipinski definition) is 4. The highest BCUT2D eigenvalue weighted by molar-refractivity contribution is 6.31. The van der Waals surface area contributed by atoms with Crippen LogP contribution in [0.5, 0.6) is 17.4 Å². The van der Waals surface area contributed by atoms with Gasteiger partial charge >= 0.3 is 12.1 Å². The zero-order valence-corrected chi connectivity index (χ0v) is 15.0. The van der Waals surface area contributed by atoms with Gasteiger partial charge in [0.15, 0.2) is 0 Å². The minimum Gasteiger partial charge on any atom is -0.491 e. The van der Waals surface area contributed by atoms with Crippen molar-refractivity contribution in [3.63, 3.8) is 0 Å². The van der Waals surface area contributed by atoms with E-state index in [1.54, 1.807) is 12.1 Å². The summed E-state index contributed by atoms with van der Waals surface area (Å²) in [5, 5.41) is 8.45. The van der Waals surface area contributed by atoms with Gasteiger partial charge in [-0.3, -0.25) is 0 Å². The van der Waals surface area contributed by atoms with Gasteiger partial charge in [0.25, 0.3) is 0 Å². The number of pyridine rings is 1. The lowest BCUT2D eigenvalue weighted by atomic mass is 10.1. The van der Waals surface area contributed by atoms with Crippen LogP contribution in [-0.4, -0.2) is 22.2 Å². The van der Waals surface area contributed by atoms with Crippen LogP contribution >= 0.6 is 11.6 Å². The quantitative estimate of drug-likeness (QED) is 0.653. The van der Waals surface area contributed by atoms with Crippen molar-refractivity contribution in [2.75, 3.05) is 0 Å². The summed E-state index contributed by atoms with van der Waals surface area (Å²) in [6.45, 7) is 3.63. The number of aliphatic carboxylic acids is 1. The lowest BCUT2D eigenvalue weighted by Gasteiger charge is -2.14. The molecule has 2 aromatic rings. The summed E-state index contributed by atoms with van der Waals surface area (Å²) in [6.07, 6.45) is -1.95. The Morgan fingerprint density at radius 3 is 2.56 bits per heavy atom. The number of aromatic nitrogens is 1. The molecule has 1 heterocycles. The fourth-order valence-corrected chi connectivity index (χ4v) is 2.21. The molecule has 0 aliphatic rings. The Kier molecular flexibility index (Phi) is 6.32. The number of carbonyl (C=O) groups is 1. The maximum Gasteiger partial charge on any atom is 0.417 e. The monoisotopic (exact) mass is 401 g/mol. The SMILES string of the molecule is CC(C)Oc1ccc(C=CC(=O)O)c(Oc2ncc(C(F)(F)F)cc2Cl)c1. The van der Waals surface area contributed by atoms with Crippen molar-refractivity contribution < 1.29 is 32.5 Å². The molecule has 0 saturated carbocycles. The summed E-state index contributed by atoms with van der Waals surface area (Å²) in [6, 6.07) is 5.32. The van der Waals surface area contributed by atoms with Crippen molar-refractivity contribution in [1.29, 1.82) is 0 Å². The fourth-order valence-electron chi connectivity index (χ4n) is 2.01. The van der Waals surface area contributed by atoms with Crippen molar-refractivity contribution in [3.8, 4) is 17.4 Å². The molecule has 0 spiro atoms. The van der Waals surface area contributed by atoms with Crippen LogP contribution in [-0.2, 0) is 11.0 Å². The Bertz CT molecular complexity index is 866. The minimum atomic E-state index is -4.59. The summed E-state index contributed by atoms with van der Waals surface area (Å²) in [7, 11) is 0. The number of hydrogen-bond donors (Lipinski definition) is 1. The Balaban J connectivity index is 2.41. The molecule has 0 unspecified atom stereocenters. The van der Waals surface area contributed by atoms with Crippen molar-refractivity contribution in [3.05, 3.63) is 52.7 Å². The van der Waals surface area contributed by atoms with Gasteiger partial charge in [-0.25, -0.2) is 9.78 Å². The highest BCUT2D eigenvalue weighted by Gasteiger charge is 2.31. The first-order valence-corrected chi connectivity index (χ1v) is 8.06. The second kappa shape index (κ2) is 8.30. The molecule has 1 aromatic carbocycles. The van der Waals surface area contributed by atoms with E-state index in [1.807, 2.05) is 13.8 Å². The highest BCUT2D eigenvalue weighted by atomic mass is 35.5. The molecule has 1 N–H and O–H groups in total. The van der Waals surface area contributed by atoms with E-state index in [0.29, 0.717) is 23.6 Å². The Hall–Kier alpha value is -2.74. The highest BCUT2D eigenvalue weighted by Crippen LogP contribution is 2.36. The molecule has 0 atom stereocenters. The maximum atomic E-state index is 12.7. The Morgan fingerprint density at radius 2 is 2.00 bits per heavy atom. The molecule has 0 radical (unpaired) electrons. The predicted molar refractivity (Wildman–Crippen MR) is 93.2 cm³/mol. The van der Waals surface area contributed by atoms with E-state index in [4.69, 9.17) is 26.2 Å². The number of alkyl halides is 3. The summed E-state index contributed by atoms with van der Waals surface area (Å²) >= 11 is 5.86. The van der Waals surface area contributed by atoms with E-state index < -0.39 is 17.7 Å². The molecular weight excluding hydrogens is 387 g/mol. The molecule has 9 heteroatoms. The van der Waals surface area contributed by atoms with Gasteiger partial charge in [-0.2, -0.15) is 13.2 Å². The first-order valence-electron chi connectivity index (χ1n) is 7.68. The van der Waals surface area contributed by atoms with Gasteiger partial charge in [0.05, 0.1) is 11.7 Å². The van der Waals surface area contributed by atoms with E-state index in [1.165, 1.54) is 12.1 Å². The van der Waals surface area contributed by atoms with Crippen LogP contribution < -0.4 is 9.47 Å². The minimum absolute atomic E-state index is 0.125. The maximum absolute atomic E-state index is 12.7. The zero-order chi connectivity index (χ0) is 20.2. The largest absolute Gasteiger partial charge is 0.491 e. The number of halogens is 4. The van der Waals surface area contributed by atoms with E-state index in [9.17, 15) is 18.0 Å². The standard InChI is InChI=1S/C18H15ClF3NO4/c1-10(2)26-13-5-3-11(4-6-16(24)25)15(8-13)27-17-14(19)7-12(9-23-17)18(20,21)22/h3-10H,1-2H3,(H,24,25). The van der Waals surface area contributed by atoms with Gasteiger partial charge in [0, 0.05) is 23.9 Å². The van der Waals surface area contributed by atoms with E-state index in [-0.39, 0.29) is 22.8 Å². The molecule has 1 aromatic heterocycles. The third-order valence-corrected chi connectivity index (χ3v) is 3.37. The van der Waals surface area contributed by atoms with Gasteiger partial charge < -0.3 is 14.6 Å². The van der Waals surface area contributed by atoms with Gasteiger partial charge in [-0.15, -0.1) is 0 Å². The van der Waals surface area contributed by atoms with Gasteiger partial charge in [0.1, 0.15) is 16.5 Å². The van der Waals surface area contributed by atoms with Gasteiger partial charge in [0.2, 0.25) is 5.88 Å². The number of carboxylic acid groups (broad SMARTS) is 1. The van der Waals surface area contributed by atoms with Gasteiger partial charge in [-0.1, -0.05) is 11.6 Å². The Morgan fingerprint density at radius 1 is 1.30 bits per heavy atom. The molecule has 0 aliphatic heterocycles. The summed E-state index contributed by atoms with van der Waals surface area (Å²) in [4.78, 5) is 14.4. The van der Waals surface area contributed by atoms with Crippen LogP contribution in [0.4, 0.5) is 13.2 Å². The molecule has 0 bridgehead atoms. The van der Waals surface area contributed by atoms with Gasteiger partial charge in [-0.05, 0) is 38.1 Å². The average molecular weight is 402 g/mol. The predicted octanol–water partition coefficient (Wildman–Crippen LogP) is 5.43. The first-order chi connectivity index (χ1) is 12.6. The molecule has 27 heavy (non-hydrogen) atoms. The van der Waals surface area contributed by atoms with Crippen molar-refractivity contribution in [2.24, 2.45) is 0 Å². The van der Waals surface area contributed by atoms with Crippen molar-refractivity contribution in [2.45, 2.75) is 26.1 Å². The molecular formula is C18H15ClF3NO4. The number of ether oxygens (including phenoxy) is 2. The van der Waals surface area contributed by atoms with Crippen molar-refractivity contribution in [1.82, 2.24) is 4.98 Å². The normalized spacial score (nSPS) is 11.8. The molecule has 2 rings (SSSR count). The van der Waals surface area contributed by atoms with Crippen LogP contribution in [0.2, 0.25) is 5.02 Å². The number of carboxylic acids is 1. The summed E-state index contributed by atoms with van der Waals surface area (Å²) < 4.78 is 49.2. The third-order valence-electron chi connectivity index (χ3n) is 3.10. The number of benzene rings is 1.